The van der Waals surface area contributed by atoms with E-state index in [1.807, 2.05) is 30.3 Å². The van der Waals surface area contributed by atoms with E-state index in [1.54, 1.807) is 42.9 Å². The smallest absolute Gasteiger partial charge is 0.295 e. The maximum absolute atomic E-state index is 13.0. The van der Waals surface area contributed by atoms with Gasteiger partial charge in [-0.05, 0) is 50.1 Å². The highest BCUT2D eigenvalue weighted by Crippen LogP contribution is 2.25. The quantitative estimate of drug-likeness (QED) is 0.632. The zero-order valence-electron chi connectivity index (χ0n) is 18.4. The summed E-state index contributed by atoms with van der Waals surface area (Å²) in [5.41, 5.74) is 2.26. The fourth-order valence-electron chi connectivity index (χ4n) is 4.25. The average Bonchev–Trinajstić information content (AvgIpc) is 3.03. The zero-order valence-corrected chi connectivity index (χ0v) is 18.4. The summed E-state index contributed by atoms with van der Waals surface area (Å²) in [6, 6.07) is 16.1. The molecule has 1 heterocycles. The Balaban J connectivity index is 1.53. The number of benzene rings is 2. The summed E-state index contributed by atoms with van der Waals surface area (Å²) < 4.78 is 3.24. The van der Waals surface area contributed by atoms with Crippen LogP contribution in [0.5, 0.6) is 0 Å². The minimum absolute atomic E-state index is 0.00640. The molecule has 1 aliphatic rings. The predicted molar refractivity (Wildman–Crippen MR) is 125 cm³/mol. The Morgan fingerprint density at radius 2 is 1.66 bits per heavy atom. The fourth-order valence-corrected chi connectivity index (χ4v) is 4.25. The first-order valence-corrected chi connectivity index (χ1v) is 11.0. The molecule has 0 bridgehead atoms. The number of amides is 2. The number of carbonyl (C=O) groups excluding carboxylic acids is 2. The molecule has 1 saturated carbocycles. The number of para-hydroxylation sites is 1. The second-order valence-electron chi connectivity index (χ2n) is 8.30. The van der Waals surface area contributed by atoms with Gasteiger partial charge in [-0.15, -0.1) is 0 Å². The molecule has 1 fully saturated rings. The first-order valence-electron chi connectivity index (χ1n) is 11.0. The molecule has 7 heteroatoms. The van der Waals surface area contributed by atoms with Crippen molar-refractivity contribution in [1.29, 1.82) is 0 Å². The molecule has 166 valence electrons. The number of aromatic nitrogens is 2. The van der Waals surface area contributed by atoms with Gasteiger partial charge in [-0.3, -0.25) is 19.1 Å². The van der Waals surface area contributed by atoms with E-state index in [2.05, 4.69) is 10.6 Å². The third-order valence-corrected chi connectivity index (χ3v) is 6.16. The van der Waals surface area contributed by atoms with Gasteiger partial charge in [0.15, 0.2) is 0 Å². The first kappa shape index (κ1) is 21.6. The van der Waals surface area contributed by atoms with Gasteiger partial charge in [-0.1, -0.05) is 43.5 Å². The SMILES string of the molecule is Cc1c(NC(=O)c2cccc(NC(=O)C3CCCCC3)c2)c(=O)n(-c2ccccc2)n1C. The molecule has 32 heavy (non-hydrogen) atoms. The van der Waals surface area contributed by atoms with Gasteiger partial charge in [0.25, 0.3) is 11.5 Å². The van der Waals surface area contributed by atoms with E-state index in [0.717, 1.165) is 31.4 Å². The minimum Gasteiger partial charge on any atom is -0.326 e. The Morgan fingerprint density at radius 3 is 2.38 bits per heavy atom. The Morgan fingerprint density at radius 1 is 0.938 bits per heavy atom. The number of hydrogen-bond acceptors (Lipinski definition) is 3. The van der Waals surface area contributed by atoms with Crippen molar-refractivity contribution in [2.24, 2.45) is 13.0 Å². The summed E-state index contributed by atoms with van der Waals surface area (Å²) in [7, 11) is 1.78. The number of hydrogen-bond donors (Lipinski definition) is 2. The van der Waals surface area contributed by atoms with Crippen LogP contribution >= 0.6 is 0 Å². The van der Waals surface area contributed by atoms with Gasteiger partial charge in [0.2, 0.25) is 5.91 Å². The number of carbonyl (C=O) groups is 2. The molecule has 0 radical (unpaired) electrons. The normalized spacial score (nSPS) is 14.2. The van der Waals surface area contributed by atoms with Crippen LogP contribution in [0.3, 0.4) is 0 Å². The molecule has 0 aliphatic heterocycles. The highest BCUT2D eigenvalue weighted by molar-refractivity contribution is 6.05. The average molecular weight is 433 g/mol. The second-order valence-corrected chi connectivity index (χ2v) is 8.30. The lowest BCUT2D eigenvalue weighted by Crippen LogP contribution is -2.25. The highest BCUT2D eigenvalue weighted by atomic mass is 16.2. The zero-order chi connectivity index (χ0) is 22.7. The molecule has 0 unspecified atom stereocenters. The van der Waals surface area contributed by atoms with Gasteiger partial charge < -0.3 is 10.6 Å². The van der Waals surface area contributed by atoms with Gasteiger partial charge >= 0.3 is 0 Å². The van der Waals surface area contributed by atoms with Crippen molar-refractivity contribution in [1.82, 2.24) is 9.36 Å². The van der Waals surface area contributed by atoms with Crippen molar-refractivity contribution in [3.63, 3.8) is 0 Å². The van der Waals surface area contributed by atoms with Crippen LogP contribution in [0.1, 0.15) is 48.2 Å². The molecule has 0 saturated heterocycles. The summed E-state index contributed by atoms with van der Waals surface area (Å²) >= 11 is 0. The standard InChI is InChI=1S/C25H28N4O3/c1-17-22(25(32)29(28(17)2)21-14-7-4-8-15-21)27-24(31)19-12-9-13-20(16-19)26-23(30)18-10-5-3-6-11-18/h4,7-9,12-16,18H,3,5-6,10-11H2,1-2H3,(H,26,30)(H,27,31). The van der Waals surface area contributed by atoms with E-state index in [9.17, 15) is 14.4 Å². The monoisotopic (exact) mass is 432 g/mol. The van der Waals surface area contributed by atoms with E-state index >= 15 is 0 Å². The van der Waals surface area contributed by atoms with Crippen molar-refractivity contribution in [3.8, 4) is 5.69 Å². The molecule has 1 aliphatic carbocycles. The number of anilines is 2. The molecule has 2 amide bonds. The van der Waals surface area contributed by atoms with Crippen LogP contribution in [0.2, 0.25) is 0 Å². The lowest BCUT2D eigenvalue weighted by atomic mass is 9.88. The second kappa shape index (κ2) is 9.26. The van der Waals surface area contributed by atoms with Crippen LogP contribution in [-0.2, 0) is 11.8 Å². The Labute approximate surface area is 187 Å². The summed E-state index contributed by atoms with van der Waals surface area (Å²) in [5, 5.41) is 5.70. The van der Waals surface area contributed by atoms with E-state index in [4.69, 9.17) is 0 Å². The first-order chi connectivity index (χ1) is 15.5. The molecule has 2 aromatic carbocycles. The van der Waals surface area contributed by atoms with Crippen LogP contribution in [0, 0.1) is 12.8 Å². The maximum Gasteiger partial charge on any atom is 0.295 e. The molecular weight excluding hydrogens is 404 g/mol. The third kappa shape index (κ3) is 4.37. The number of nitrogens with zero attached hydrogens (tertiary/aromatic N) is 2. The van der Waals surface area contributed by atoms with Crippen LogP contribution < -0.4 is 16.2 Å². The molecule has 0 spiro atoms. The molecule has 0 atom stereocenters. The fraction of sp³-hybridized carbons (Fsp3) is 0.320. The summed E-state index contributed by atoms with van der Waals surface area (Å²) in [6.45, 7) is 1.79. The minimum atomic E-state index is -0.398. The number of rotatable bonds is 5. The molecule has 1 aromatic heterocycles. The third-order valence-electron chi connectivity index (χ3n) is 6.16. The Hall–Kier alpha value is -3.61. The lowest BCUT2D eigenvalue weighted by molar-refractivity contribution is -0.120. The molecule has 4 rings (SSSR count). The lowest BCUT2D eigenvalue weighted by Gasteiger charge is -2.20. The Kier molecular flexibility index (Phi) is 6.25. The summed E-state index contributed by atoms with van der Waals surface area (Å²) in [6.07, 6.45) is 5.17. The van der Waals surface area contributed by atoms with Crippen molar-refractivity contribution < 1.29 is 9.59 Å². The summed E-state index contributed by atoms with van der Waals surface area (Å²) in [5.74, 6) is -0.360. The van der Waals surface area contributed by atoms with Crippen LogP contribution in [0.4, 0.5) is 11.4 Å². The van der Waals surface area contributed by atoms with Crippen molar-refractivity contribution in [2.75, 3.05) is 10.6 Å². The molecule has 2 N–H and O–H groups in total. The van der Waals surface area contributed by atoms with E-state index in [-0.39, 0.29) is 23.1 Å². The topological polar surface area (TPSA) is 85.1 Å². The van der Waals surface area contributed by atoms with E-state index in [0.29, 0.717) is 16.9 Å². The molecular formula is C25H28N4O3. The van der Waals surface area contributed by atoms with Gasteiger partial charge in [0, 0.05) is 24.2 Å². The van der Waals surface area contributed by atoms with Crippen LogP contribution in [-0.4, -0.2) is 21.2 Å². The maximum atomic E-state index is 13.0. The van der Waals surface area contributed by atoms with E-state index < -0.39 is 5.91 Å². The largest absolute Gasteiger partial charge is 0.326 e. The molecule has 3 aromatic rings. The summed E-state index contributed by atoms with van der Waals surface area (Å²) in [4.78, 5) is 38.5. The van der Waals surface area contributed by atoms with Crippen LogP contribution in [0.15, 0.2) is 59.4 Å². The van der Waals surface area contributed by atoms with Crippen molar-refractivity contribution >= 4 is 23.2 Å². The van der Waals surface area contributed by atoms with Crippen molar-refractivity contribution in [3.05, 3.63) is 76.2 Å². The predicted octanol–water partition coefficient (Wildman–Crippen LogP) is 4.26. The van der Waals surface area contributed by atoms with Crippen LogP contribution in [0.25, 0.3) is 5.69 Å². The van der Waals surface area contributed by atoms with Gasteiger partial charge in [0.1, 0.15) is 5.69 Å². The number of nitrogens with one attached hydrogen (secondary N) is 2. The van der Waals surface area contributed by atoms with Crippen molar-refractivity contribution in [2.45, 2.75) is 39.0 Å². The highest BCUT2D eigenvalue weighted by Gasteiger charge is 2.22. The van der Waals surface area contributed by atoms with Gasteiger partial charge in [-0.2, -0.15) is 0 Å². The van der Waals surface area contributed by atoms with Gasteiger partial charge in [-0.25, -0.2) is 4.68 Å². The van der Waals surface area contributed by atoms with E-state index in [1.165, 1.54) is 11.1 Å². The Bertz CT molecular complexity index is 1190. The van der Waals surface area contributed by atoms with Gasteiger partial charge in [0.05, 0.1) is 11.4 Å². The molecule has 7 nitrogen and oxygen atoms in total.